The third kappa shape index (κ3) is 1.31. The van der Waals surface area contributed by atoms with Crippen LogP contribution in [0.4, 0.5) is 5.69 Å². The van der Waals surface area contributed by atoms with E-state index in [9.17, 15) is 0 Å². The first-order valence-electron chi connectivity index (χ1n) is 4.28. The first-order valence-corrected chi connectivity index (χ1v) is 4.28. The molecule has 2 heteroatoms. The van der Waals surface area contributed by atoms with Gasteiger partial charge in [-0.05, 0) is 30.7 Å². The summed E-state index contributed by atoms with van der Waals surface area (Å²) in [7, 11) is 0. The summed E-state index contributed by atoms with van der Waals surface area (Å²) in [4.78, 5) is 3.17. The first kappa shape index (κ1) is 7.92. The van der Waals surface area contributed by atoms with Gasteiger partial charge in [0.2, 0.25) is 0 Å². The van der Waals surface area contributed by atoms with Crippen LogP contribution in [-0.2, 0) is 0 Å². The van der Waals surface area contributed by atoms with Crippen molar-refractivity contribution in [2.75, 3.05) is 5.73 Å². The van der Waals surface area contributed by atoms with Crippen molar-refractivity contribution in [3.63, 3.8) is 0 Å². The van der Waals surface area contributed by atoms with Crippen LogP contribution < -0.4 is 5.73 Å². The number of rotatable bonds is 1. The van der Waals surface area contributed by atoms with E-state index < -0.39 is 0 Å². The molecule has 0 amide bonds. The van der Waals surface area contributed by atoms with Crippen molar-refractivity contribution < 1.29 is 0 Å². The molecule has 0 spiro atoms. The Morgan fingerprint density at radius 1 is 1.15 bits per heavy atom. The second-order valence-electron chi connectivity index (χ2n) is 3.10. The molecule has 2 nitrogen and oxygen atoms in total. The lowest BCUT2D eigenvalue weighted by atomic mass is 10.0. The number of benzene rings is 1. The number of nitrogens with one attached hydrogen (secondary N) is 1. The van der Waals surface area contributed by atoms with Gasteiger partial charge < -0.3 is 10.7 Å². The maximum atomic E-state index is 5.81. The number of nitrogen functional groups attached to an aromatic ring is 1. The van der Waals surface area contributed by atoms with E-state index in [1.54, 1.807) is 0 Å². The summed E-state index contributed by atoms with van der Waals surface area (Å²) in [6.07, 6.45) is 1.91. The fourth-order valence-electron chi connectivity index (χ4n) is 1.44. The highest BCUT2D eigenvalue weighted by atomic mass is 14.7. The summed E-state index contributed by atoms with van der Waals surface area (Å²) in [6, 6.07) is 9.98. The molecule has 0 radical (unpaired) electrons. The van der Waals surface area contributed by atoms with Gasteiger partial charge in [0.1, 0.15) is 0 Å². The van der Waals surface area contributed by atoms with Crippen LogP contribution in [0.5, 0.6) is 0 Å². The Labute approximate surface area is 77.4 Å². The van der Waals surface area contributed by atoms with Gasteiger partial charge in [-0.3, -0.25) is 0 Å². The first-order chi connectivity index (χ1) is 6.29. The highest BCUT2D eigenvalue weighted by molar-refractivity contribution is 5.70. The van der Waals surface area contributed by atoms with E-state index >= 15 is 0 Å². The van der Waals surface area contributed by atoms with Gasteiger partial charge in [0.05, 0.1) is 0 Å². The standard InChI is InChI=1S/C11H12N2/c1-8-9(4-2-5-10(8)12)11-6-3-7-13-11/h2-7,13H,12H2,1H3. The van der Waals surface area contributed by atoms with Crippen molar-refractivity contribution in [1.82, 2.24) is 4.98 Å². The summed E-state index contributed by atoms with van der Waals surface area (Å²) >= 11 is 0. The molecule has 66 valence electrons. The minimum Gasteiger partial charge on any atom is -0.398 e. The lowest BCUT2D eigenvalue weighted by Crippen LogP contribution is -1.91. The van der Waals surface area contributed by atoms with Crippen LogP contribution in [0, 0.1) is 6.92 Å². The van der Waals surface area contributed by atoms with Gasteiger partial charge in [-0.15, -0.1) is 0 Å². The number of H-pyrrole nitrogens is 1. The molecule has 0 aliphatic rings. The van der Waals surface area contributed by atoms with Crippen LogP contribution in [0.25, 0.3) is 11.3 Å². The lowest BCUT2D eigenvalue weighted by molar-refractivity contribution is 1.37. The number of hydrogen-bond acceptors (Lipinski definition) is 1. The molecular formula is C11H12N2. The van der Waals surface area contributed by atoms with E-state index in [2.05, 4.69) is 11.1 Å². The molecule has 13 heavy (non-hydrogen) atoms. The molecule has 0 unspecified atom stereocenters. The minimum atomic E-state index is 0.840. The molecule has 1 aromatic heterocycles. The molecule has 3 N–H and O–H groups in total. The molecule has 2 rings (SSSR count). The highest BCUT2D eigenvalue weighted by Crippen LogP contribution is 2.24. The molecule has 0 atom stereocenters. The van der Waals surface area contributed by atoms with E-state index in [0.29, 0.717) is 0 Å². The zero-order valence-electron chi connectivity index (χ0n) is 7.54. The topological polar surface area (TPSA) is 41.8 Å². The molecular weight excluding hydrogens is 160 g/mol. The summed E-state index contributed by atoms with van der Waals surface area (Å²) in [5.74, 6) is 0. The van der Waals surface area contributed by atoms with Crippen molar-refractivity contribution in [1.29, 1.82) is 0 Å². The Bertz CT molecular complexity index is 402. The molecule has 0 aliphatic carbocycles. The fourth-order valence-corrected chi connectivity index (χ4v) is 1.44. The molecule has 0 saturated heterocycles. The van der Waals surface area contributed by atoms with Gasteiger partial charge in [0, 0.05) is 23.1 Å². The Morgan fingerprint density at radius 2 is 2.00 bits per heavy atom. The molecule has 0 fully saturated rings. The second kappa shape index (κ2) is 2.98. The second-order valence-corrected chi connectivity index (χ2v) is 3.10. The number of aromatic nitrogens is 1. The van der Waals surface area contributed by atoms with Gasteiger partial charge in [0.25, 0.3) is 0 Å². The van der Waals surface area contributed by atoms with Crippen molar-refractivity contribution in [2.45, 2.75) is 6.92 Å². The normalized spacial score (nSPS) is 10.2. The van der Waals surface area contributed by atoms with Gasteiger partial charge in [-0.25, -0.2) is 0 Å². The van der Waals surface area contributed by atoms with Crippen molar-refractivity contribution in [3.8, 4) is 11.3 Å². The Morgan fingerprint density at radius 3 is 2.69 bits per heavy atom. The zero-order chi connectivity index (χ0) is 9.26. The van der Waals surface area contributed by atoms with Crippen LogP contribution >= 0.6 is 0 Å². The van der Waals surface area contributed by atoms with Crippen LogP contribution in [0.2, 0.25) is 0 Å². The summed E-state index contributed by atoms with van der Waals surface area (Å²) in [6.45, 7) is 2.03. The third-order valence-electron chi connectivity index (χ3n) is 2.26. The smallest absolute Gasteiger partial charge is 0.0457 e. The Kier molecular flexibility index (Phi) is 1.81. The van der Waals surface area contributed by atoms with Gasteiger partial charge >= 0.3 is 0 Å². The van der Waals surface area contributed by atoms with E-state index in [0.717, 1.165) is 16.9 Å². The monoisotopic (exact) mass is 172 g/mol. The average Bonchev–Trinajstić information content (AvgIpc) is 2.62. The van der Waals surface area contributed by atoms with E-state index in [-0.39, 0.29) is 0 Å². The van der Waals surface area contributed by atoms with E-state index in [1.807, 2.05) is 37.4 Å². The highest BCUT2D eigenvalue weighted by Gasteiger charge is 2.03. The average molecular weight is 172 g/mol. The van der Waals surface area contributed by atoms with Crippen LogP contribution in [0.3, 0.4) is 0 Å². The zero-order valence-corrected chi connectivity index (χ0v) is 7.54. The predicted molar refractivity (Wildman–Crippen MR) is 55.4 cm³/mol. The largest absolute Gasteiger partial charge is 0.398 e. The van der Waals surface area contributed by atoms with Crippen LogP contribution in [0.1, 0.15) is 5.56 Å². The van der Waals surface area contributed by atoms with E-state index in [1.165, 1.54) is 5.56 Å². The van der Waals surface area contributed by atoms with Gasteiger partial charge in [0.15, 0.2) is 0 Å². The van der Waals surface area contributed by atoms with Crippen LogP contribution in [-0.4, -0.2) is 4.98 Å². The lowest BCUT2D eigenvalue weighted by Gasteiger charge is -2.05. The van der Waals surface area contributed by atoms with Crippen molar-refractivity contribution >= 4 is 5.69 Å². The summed E-state index contributed by atoms with van der Waals surface area (Å²) in [5.41, 5.74) is 10.1. The SMILES string of the molecule is Cc1c(N)cccc1-c1ccc[nH]1. The minimum absolute atomic E-state index is 0.840. The van der Waals surface area contributed by atoms with Gasteiger partial charge in [-0.2, -0.15) is 0 Å². The third-order valence-corrected chi connectivity index (χ3v) is 2.26. The maximum absolute atomic E-state index is 5.81. The Hall–Kier alpha value is -1.70. The molecule has 1 aromatic carbocycles. The number of anilines is 1. The quantitative estimate of drug-likeness (QED) is 0.638. The molecule has 2 aromatic rings. The summed E-state index contributed by atoms with van der Waals surface area (Å²) in [5, 5.41) is 0. The molecule has 0 bridgehead atoms. The van der Waals surface area contributed by atoms with Crippen molar-refractivity contribution in [3.05, 3.63) is 42.1 Å². The number of aromatic amines is 1. The fraction of sp³-hybridized carbons (Fsp3) is 0.0909. The molecule has 0 aliphatic heterocycles. The maximum Gasteiger partial charge on any atom is 0.0457 e. The number of nitrogens with two attached hydrogens (primary N) is 1. The Balaban J connectivity index is 2.59. The van der Waals surface area contributed by atoms with Crippen molar-refractivity contribution in [2.24, 2.45) is 0 Å². The molecule has 0 saturated carbocycles. The van der Waals surface area contributed by atoms with Crippen LogP contribution in [0.15, 0.2) is 36.5 Å². The van der Waals surface area contributed by atoms with E-state index in [4.69, 9.17) is 5.73 Å². The summed E-state index contributed by atoms with van der Waals surface area (Å²) < 4.78 is 0. The van der Waals surface area contributed by atoms with Gasteiger partial charge in [-0.1, -0.05) is 12.1 Å². The predicted octanol–water partition coefficient (Wildman–Crippen LogP) is 2.57. The molecule has 1 heterocycles. The number of hydrogen-bond donors (Lipinski definition) is 2.